The summed E-state index contributed by atoms with van der Waals surface area (Å²) in [6, 6.07) is 9.76. The number of ether oxygens (including phenoxy) is 2. The van der Waals surface area contributed by atoms with Crippen LogP contribution in [0, 0.1) is 11.3 Å². The van der Waals surface area contributed by atoms with Crippen molar-refractivity contribution in [3.63, 3.8) is 0 Å². The van der Waals surface area contributed by atoms with Crippen LogP contribution in [0.15, 0.2) is 24.3 Å². The second-order valence-corrected chi connectivity index (χ2v) is 4.57. The monoisotopic (exact) mass is 277 g/mol. The van der Waals surface area contributed by atoms with Gasteiger partial charge in [-0.05, 0) is 24.7 Å². The topological polar surface area (TPSA) is 57.5 Å². The van der Waals surface area contributed by atoms with Crippen molar-refractivity contribution in [1.29, 1.82) is 5.26 Å². The first-order valence-electron chi connectivity index (χ1n) is 6.73. The molecule has 20 heavy (non-hydrogen) atoms. The van der Waals surface area contributed by atoms with Gasteiger partial charge in [0.15, 0.2) is 6.61 Å². The van der Waals surface area contributed by atoms with Crippen molar-refractivity contribution in [3.8, 4) is 11.8 Å². The van der Waals surface area contributed by atoms with E-state index in [1.165, 1.54) is 0 Å². The van der Waals surface area contributed by atoms with E-state index < -0.39 is 0 Å². The lowest BCUT2D eigenvalue weighted by molar-refractivity contribution is 0.161. The molecule has 0 spiro atoms. The highest BCUT2D eigenvalue weighted by molar-refractivity contribution is 5.28. The average Bonchev–Trinajstić information content (AvgIpc) is 2.48. The highest BCUT2D eigenvalue weighted by Crippen LogP contribution is 2.12. The summed E-state index contributed by atoms with van der Waals surface area (Å²) in [5.41, 5.74) is 1.15. The molecule has 5 heteroatoms. The second-order valence-electron chi connectivity index (χ2n) is 4.57. The van der Waals surface area contributed by atoms with Gasteiger partial charge in [-0.2, -0.15) is 5.26 Å². The summed E-state index contributed by atoms with van der Waals surface area (Å²) in [6.07, 6.45) is 0. The van der Waals surface area contributed by atoms with E-state index in [1.54, 1.807) is 7.11 Å². The van der Waals surface area contributed by atoms with Gasteiger partial charge in [0.2, 0.25) is 0 Å². The lowest BCUT2D eigenvalue weighted by Gasteiger charge is -2.16. The molecule has 0 aromatic heterocycles. The summed E-state index contributed by atoms with van der Waals surface area (Å²) in [5, 5.41) is 11.9. The van der Waals surface area contributed by atoms with E-state index in [0.717, 1.165) is 44.1 Å². The van der Waals surface area contributed by atoms with E-state index in [4.69, 9.17) is 14.7 Å². The molecule has 1 aromatic carbocycles. The Morgan fingerprint density at radius 2 is 2.20 bits per heavy atom. The Kier molecular flexibility index (Phi) is 8.40. The number of hydrogen-bond donors (Lipinski definition) is 1. The predicted octanol–water partition coefficient (Wildman–Crippen LogP) is 1.26. The molecule has 1 N–H and O–H groups in total. The second kappa shape index (κ2) is 10.2. The maximum Gasteiger partial charge on any atom is 0.174 e. The standard InChI is InChI=1S/C15H23N3O2/c1-18(9-11-19-2)8-7-17-13-14-4-3-5-15(12-14)20-10-6-16/h3-5,12,17H,7-11,13H2,1-2H3. The van der Waals surface area contributed by atoms with E-state index in [1.807, 2.05) is 30.3 Å². The Morgan fingerprint density at radius 1 is 1.35 bits per heavy atom. The fourth-order valence-corrected chi connectivity index (χ4v) is 1.72. The maximum atomic E-state index is 8.48. The van der Waals surface area contributed by atoms with E-state index in [9.17, 15) is 0 Å². The smallest absolute Gasteiger partial charge is 0.174 e. The molecule has 1 aromatic rings. The number of benzene rings is 1. The summed E-state index contributed by atoms with van der Waals surface area (Å²) in [4.78, 5) is 2.23. The highest BCUT2D eigenvalue weighted by Gasteiger charge is 1.99. The zero-order valence-corrected chi connectivity index (χ0v) is 12.3. The van der Waals surface area contributed by atoms with Gasteiger partial charge in [0, 0.05) is 33.3 Å². The Labute approximate surface area is 121 Å². The van der Waals surface area contributed by atoms with Crippen LogP contribution >= 0.6 is 0 Å². The highest BCUT2D eigenvalue weighted by atomic mass is 16.5. The van der Waals surface area contributed by atoms with Gasteiger partial charge in [0.1, 0.15) is 11.8 Å². The third kappa shape index (κ3) is 7.10. The molecule has 0 saturated heterocycles. The molecule has 1 rings (SSSR count). The molecular weight excluding hydrogens is 254 g/mol. The molecule has 0 fully saturated rings. The van der Waals surface area contributed by atoms with Crippen LogP contribution in [0.4, 0.5) is 0 Å². The lowest BCUT2D eigenvalue weighted by atomic mass is 10.2. The zero-order valence-electron chi connectivity index (χ0n) is 12.3. The van der Waals surface area contributed by atoms with Gasteiger partial charge in [0.25, 0.3) is 0 Å². The Hall–Kier alpha value is -1.61. The number of methoxy groups -OCH3 is 1. The van der Waals surface area contributed by atoms with Crippen LogP contribution in [0.1, 0.15) is 5.56 Å². The Morgan fingerprint density at radius 3 is 2.95 bits per heavy atom. The SMILES string of the molecule is COCCN(C)CCNCc1cccc(OCC#N)c1. The van der Waals surface area contributed by atoms with Crippen LogP contribution in [0.5, 0.6) is 5.75 Å². The molecule has 0 aliphatic heterocycles. The molecular formula is C15H23N3O2. The number of nitrogens with one attached hydrogen (secondary N) is 1. The van der Waals surface area contributed by atoms with Gasteiger partial charge < -0.3 is 19.7 Å². The number of nitrogens with zero attached hydrogens (tertiary/aromatic N) is 2. The fraction of sp³-hybridized carbons (Fsp3) is 0.533. The number of rotatable bonds is 10. The first-order chi connectivity index (χ1) is 9.76. The largest absolute Gasteiger partial charge is 0.479 e. The minimum atomic E-state index is 0.0845. The van der Waals surface area contributed by atoms with Gasteiger partial charge in [-0.1, -0.05) is 12.1 Å². The van der Waals surface area contributed by atoms with Crippen LogP contribution in [-0.2, 0) is 11.3 Å². The van der Waals surface area contributed by atoms with Crippen molar-refractivity contribution in [2.75, 3.05) is 47.0 Å². The molecule has 0 unspecified atom stereocenters. The van der Waals surface area contributed by atoms with Gasteiger partial charge >= 0.3 is 0 Å². The van der Waals surface area contributed by atoms with Crippen molar-refractivity contribution in [1.82, 2.24) is 10.2 Å². The van der Waals surface area contributed by atoms with Crippen LogP contribution in [-0.4, -0.2) is 51.9 Å². The van der Waals surface area contributed by atoms with Crippen molar-refractivity contribution in [2.45, 2.75) is 6.54 Å². The predicted molar refractivity (Wildman–Crippen MR) is 78.6 cm³/mol. The Bertz CT molecular complexity index is 418. The molecule has 0 aliphatic carbocycles. The van der Waals surface area contributed by atoms with E-state index in [0.29, 0.717) is 0 Å². The van der Waals surface area contributed by atoms with Crippen molar-refractivity contribution >= 4 is 0 Å². The number of likely N-dealkylation sites (N-methyl/N-ethyl adjacent to an activating group) is 1. The first-order valence-corrected chi connectivity index (χ1v) is 6.73. The normalized spacial score (nSPS) is 10.5. The van der Waals surface area contributed by atoms with E-state index in [-0.39, 0.29) is 6.61 Å². The molecule has 0 bridgehead atoms. The van der Waals surface area contributed by atoms with Gasteiger partial charge in [-0.15, -0.1) is 0 Å². The zero-order chi connectivity index (χ0) is 14.6. The molecule has 0 saturated carbocycles. The molecule has 0 aliphatic rings. The molecule has 0 heterocycles. The van der Waals surface area contributed by atoms with Crippen molar-refractivity contribution in [2.24, 2.45) is 0 Å². The van der Waals surface area contributed by atoms with Crippen LogP contribution in [0.2, 0.25) is 0 Å². The fourth-order valence-electron chi connectivity index (χ4n) is 1.72. The summed E-state index contributed by atoms with van der Waals surface area (Å²) in [7, 11) is 3.80. The maximum absolute atomic E-state index is 8.48. The molecule has 0 amide bonds. The lowest BCUT2D eigenvalue weighted by Crippen LogP contribution is -2.31. The van der Waals surface area contributed by atoms with E-state index >= 15 is 0 Å². The van der Waals surface area contributed by atoms with Crippen molar-refractivity contribution in [3.05, 3.63) is 29.8 Å². The van der Waals surface area contributed by atoms with Crippen LogP contribution < -0.4 is 10.1 Å². The molecule has 5 nitrogen and oxygen atoms in total. The first kappa shape index (κ1) is 16.4. The van der Waals surface area contributed by atoms with E-state index in [2.05, 4.69) is 17.3 Å². The van der Waals surface area contributed by atoms with Crippen LogP contribution in [0.3, 0.4) is 0 Å². The average molecular weight is 277 g/mol. The summed E-state index contributed by atoms with van der Waals surface area (Å²) in [6.45, 7) is 4.48. The quantitative estimate of drug-likeness (QED) is 0.652. The third-order valence-electron chi connectivity index (χ3n) is 2.88. The van der Waals surface area contributed by atoms with Crippen LogP contribution in [0.25, 0.3) is 0 Å². The van der Waals surface area contributed by atoms with Gasteiger partial charge in [0.05, 0.1) is 6.61 Å². The minimum absolute atomic E-state index is 0.0845. The summed E-state index contributed by atoms with van der Waals surface area (Å²) < 4.78 is 10.3. The van der Waals surface area contributed by atoms with Gasteiger partial charge in [-0.25, -0.2) is 0 Å². The summed E-state index contributed by atoms with van der Waals surface area (Å²) >= 11 is 0. The Balaban J connectivity index is 2.23. The molecule has 0 radical (unpaired) electrons. The van der Waals surface area contributed by atoms with Gasteiger partial charge in [-0.3, -0.25) is 0 Å². The number of hydrogen-bond acceptors (Lipinski definition) is 5. The minimum Gasteiger partial charge on any atom is -0.479 e. The third-order valence-corrected chi connectivity index (χ3v) is 2.88. The molecule has 0 atom stereocenters. The number of nitriles is 1. The van der Waals surface area contributed by atoms with Crippen molar-refractivity contribution < 1.29 is 9.47 Å². The molecule has 110 valence electrons. The summed E-state index contributed by atoms with van der Waals surface area (Å²) in [5.74, 6) is 0.739.